The van der Waals surface area contributed by atoms with Crippen molar-refractivity contribution in [2.24, 2.45) is 0 Å². The molecule has 0 fully saturated rings. The number of carbonyl (C=O) groups excluding carboxylic acids is 1. The number of benzene rings is 2. The Morgan fingerprint density at radius 1 is 1.30 bits per heavy atom. The van der Waals surface area contributed by atoms with Crippen LogP contribution in [0.25, 0.3) is 22.4 Å². The highest BCUT2D eigenvalue weighted by atomic mass is 35.5. The monoisotopic (exact) mass is 332 g/mol. The van der Waals surface area contributed by atoms with Crippen molar-refractivity contribution in [3.63, 3.8) is 0 Å². The highest BCUT2D eigenvalue weighted by Gasteiger charge is 2.15. The average Bonchev–Trinajstić information content (AvgIpc) is 2.97. The number of hydroxylamine groups is 1. The zero-order valence-electron chi connectivity index (χ0n) is 11.4. The molecular formula is C14H9ClN4O4. The van der Waals surface area contributed by atoms with Crippen LogP contribution in [0.5, 0.6) is 0 Å². The van der Waals surface area contributed by atoms with Gasteiger partial charge >= 0.3 is 0 Å². The fraction of sp³-hybridized carbons (Fsp3) is 0. The van der Waals surface area contributed by atoms with E-state index in [9.17, 15) is 14.9 Å². The molecule has 0 aliphatic rings. The van der Waals surface area contributed by atoms with Crippen LogP contribution in [0.1, 0.15) is 10.4 Å². The summed E-state index contributed by atoms with van der Waals surface area (Å²) >= 11 is 5.79. The Morgan fingerprint density at radius 3 is 2.78 bits per heavy atom. The molecule has 3 rings (SSSR count). The predicted molar refractivity (Wildman–Crippen MR) is 82.4 cm³/mol. The third-order valence-electron chi connectivity index (χ3n) is 3.26. The number of nitro benzene ring substituents is 1. The van der Waals surface area contributed by atoms with Crippen molar-refractivity contribution in [2.45, 2.75) is 0 Å². The first kappa shape index (κ1) is 14.9. The van der Waals surface area contributed by atoms with E-state index in [2.05, 4.69) is 9.97 Å². The highest BCUT2D eigenvalue weighted by molar-refractivity contribution is 6.32. The second kappa shape index (κ2) is 5.67. The number of H-pyrrole nitrogens is 1. The van der Waals surface area contributed by atoms with Gasteiger partial charge in [0.1, 0.15) is 10.8 Å². The first-order valence-corrected chi connectivity index (χ1v) is 6.76. The lowest BCUT2D eigenvalue weighted by atomic mass is 10.2. The molecule has 0 bridgehead atoms. The molecule has 0 radical (unpaired) electrons. The van der Waals surface area contributed by atoms with Crippen LogP contribution in [0.3, 0.4) is 0 Å². The van der Waals surface area contributed by atoms with Crippen molar-refractivity contribution in [2.75, 3.05) is 0 Å². The molecule has 9 heteroatoms. The summed E-state index contributed by atoms with van der Waals surface area (Å²) in [5.74, 6) is -0.244. The quantitative estimate of drug-likeness (QED) is 0.387. The van der Waals surface area contributed by atoms with E-state index in [1.54, 1.807) is 17.6 Å². The van der Waals surface area contributed by atoms with Gasteiger partial charge < -0.3 is 4.98 Å². The Kier molecular flexibility index (Phi) is 3.68. The Morgan fingerprint density at radius 2 is 2.09 bits per heavy atom. The standard InChI is InChI=1S/C14H9ClN4O4/c15-9-3-1-7(6-12(9)19(22)23)13-16-10-4-2-8(14(20)18-21)5-11(10)17-13/h1-6,21H,(H,16,17)(H,18,20). The number of rotatable bonds is 3. The summed E-state index contributed by atoms with van der Waals surface area (Å²) in [6.45, 7) is 0. The SMILES string of the molecule is O=C(NO)c1ccc2nc(-c3ccc(Cl)c([N+](=O)[O-])c3)[nH]c2c1. The molecule has 0 saturated heterocycles. The molecule has 0 saturated carbocycles. The van der Waals surface area contributed by atoms with Gasteiger partial charge in [-0.15, -0.1) is 0 Å². The summed E-state index contributed by atoms with van der Waals surface area (Å²) < 4.78 is 0. The largest absolute Gasteiger partial charge is 0.338 e. The van der Waals surface area contributed by atoms with Gasteiger partial charge in [0.05, 0.1) is 16.0 Å². The van der Waals surface area contributed by atoms with Crippen molar-refractivity contribution in [1.82, 2.24) is 15.4 Å². The van der Waals surface area contributed by atoms with Gasteiger partial charge in [0.2, 0.25) is 0 Å². The number of hydrogen-bond donors (Lipinski definition) is 3. The molecule has 1 amide bonds. The second-order valence-corrected chi connectivity index (χ2v) is 5.09. The fourth-order valence-corrected chi connectivity index (χ4v) is 2.34. The summed E-state index contributed by atoms with van der Waals surface area (Å²) in [5, 5.41) is 19.6. The molecule has 0 atom stereocenters. The molecule has 116 valence electrons. The van der Waals surface area contributed by atoms with E-state index in [-0.39, 0.29) is 16.3 Å². The number of amides is 1. The summed E-state index contributed by atoms with van der Waals surface area (Å²) in [6, 6.07) is 8.97. The molecule has 0 aliphatic carbocycles. The van der Waals surface area contributed by atoms with Gasteiger partial charge in [0.25, 0.3) is 11.6 Å². The Labute approximate surface area is 133 Å². The predicted octanol–water partition coefficient (Wildman–Crippen LogP) is 2.91. The van der Waals surface area contributed by atoms with Gasteiger partial charge in [0, 0.05) is 17.2 Å². The molecule has 0 spiro atoms. The zero-order valence-corrected chi connectivity index (χ0v) is 12.2. The van der Waals surface area contributed by atoms with E-state index in [0.717, 1.165) is 0 Å². The number of hydrogen-bond acceptors (Lipinski definition) is 5. The zero-order chi connectivity index (χ0) is 16.6. The molecule has 2 aromatic carbocycles. The second-order valence-electron chi connectivity index (χ2n) is 4.68. The van der Waals surface area contributed by atoms with E-state index in [1.165, 1.54) is 24.3 Å². The summed E-state index contributed by atoms with van der Waals surface area (Å²) in [5.41, 5.74) is 3.20. The molecular weight excluding hydrogens is 324 g/mol. The van der Waals surface area contributed by atoms with Gasteiger partial charge in [0.15, 0.2) is 0 Å². The topological polar surface area (TPSA) is 121 Å². The van der Waals surface area contributed by atoms with Gasteiger partial charge in [-0.05, 0) is 30.3 Å². The smallest absolute Gasteiger partial charge is 0.288 e. The first-order chi connectivity index (χ1) is 11.0. The number of halogens is 1. The lowest BCUT2D eigenvalue weighted by Crippen LogP contribution is -2.18. The third-order valence-corrected chi connectivity index (χ3v) is 3.58. The number of imidazole rings is 1. The van der Waals surface area contributed by atoms with Crippen molar-refractivity contribution in [3.05, 3.63) is 57.1 Å². The van der Waals surface area contributed by atoms with Crippen LogP contribution in [0.15, 0.2) is 36.4 Å². The lowest BCUT2D eigenvalue weighted by Gasteiger charge is -1.99. The maximum atomic E-state index is 11.4. The van der Waals surface area contributed by atoms with E-state index in [4.69, 9.17) is 16.8 Å². The molecule has 0 aliphatic heterocycles. The van der Waals surface area contributed by atoms with Crippen LogP contribution in [0.2, 0.25) is 5.02 Å². The van der Waals surface area contributed by atoms with Crippen LogP contribution in [0, 0.1) is 10.1 Å². The first-order valence-electron chi connectivity index (χ1n) is 6.38. The van der Waals surface area contributed by atoms with Crippen LogP contribution >= 0.6 is 11.6 Å². The summed E-state index contributed by atoms with van der Waals surface area (Å²) in [4.78, 5) is 29.1. The van der Waals surface area contributed by atoms with E-state index >= 15 is 0 Å². The number of nitrogens with zero attached hydrogens (tertiary/aromatic N) is 2. The molecule has 1 heterocycles. The summed E-state index contributed by atoms with van der Waals surface area (Å²) in [7, 11) is 0. The van der Waals surface area contributed by atoms with Gasteiger partial charge in [-0.3, -0.25) is 20.1 Å². The van der Waals surface area contributed by atoms with Crippen LogP contribution in [-0.4, -0.2) is 26.0 Å². The molecule has 3 aromatic rings. The van der Waals surface area contributed by atoms with Crippen molar-refractivity contribution in [1.29, 1.82) is 0 Å². The summed E-state index contributed by atoms with van der Waals surface area (Å²) in [6.07, 6.45) is 0. The molecule has 1 aromatic heterocycles. The Balaban J connectivity index is 2.09. The molecule has 0 unspecified atom stereocenters. The number of nitrogens with one attached hydrogen (secondary N) is 2. The normalized spacial score (nSPS) is 10.7. The lowest BCUT2D eigenvalue weighted by molar-refractivity contribution is -0.384. The van der Waals surface area contributed by atoms with Gasteiger partial charge in [-0.25, -0.2) is 10.5 Å². The van der Waals surface area contributed by atoms with Gasteiger partial charge in [-0.1, -0.05) is 11.6 Å². The van der Waals surface area contributed by atoms with Gasteiger partial charge in [-0.2, -0.15) is 0 Å². The number of aromatic amines is 1. The fourth-order valence-electron chi connectivity index (χ4n) is 2.15. The average molecular weight is 333 g/mol. The maximum Gasteiger partial charge on any atom is 0.288 e. The van der Waals surface area contributed by atoms with E-state index in [1.807, 2.05) is 0 Å². The molecule has 23 heavy (non-hydrogen) atoms. The highest BCUT2D eigenvalue weighted by Crippen LogP contribution is 2.30. The van der Waals surface area contributed by atoms with Crippen LogP contribution < -0.4 is 5.48 Å². The number of nitro groups is 1. The number of carbonyl (C=O) groups is 1. The van der Waals surface area contributed by atoms with Crippen molar-refractivity contribution >= 4 is 34.2 Å². The van der Waals surface area contributed by atoms with Crippen LogP contribution in [-0.2, 0) is 0 Å². The Hall–Kier alpha value is -2.97. The third kappa shape index (κ3) is 2.72. The maximum absolute atomic E-state index is 11.4. The minimum absolute atomic E-state index is 0.0387. The Bertz CT molecular complexity index is 938. The number of fused-ring (bicyclic) bond motifs is 1. The van der Waals surface area contributed by atoms with Crippen LogP contribution in [0.4, 0.5) is 5.69 Å². The molecule has 8 nitrogen and oxygen atoms in total. The minimum Gasteiger partial charge on any atom is -0.338 e. The van der Waals surface area contributed by atoms with Crippen molar-refractivity contribution in [3.8, 4) is 11.4 Å². The van der Waals surface area contributed by atoms with E-state index in [0.29, 0.717) is 22.4 Å². The minimum atomic E-state index is -0.648. The van der Waals surface area contributed by atoms with Crippen molar-refractivity contribution < 1.29 is 14.9 Å². The van der Waals surface area contributed by atoms with E-state index < -0.39 is 10.8 Å². The number of aromatic nitrogens is 2. The molecule has 3 N–H and O–H groups in total.